The van der Waals surface area contributed by atoms with Crippen LogP contribution in [0.4, 0.5) is 0 Å². The number of aromatic nitrogens is 3. The zero-order chi connectivity index (χ0) is 35.1. The second-order valence-corrected chi connectivity index (χ2v) is 13.4. The van der Waals surface area contributed by atoms with E-state index in [0.29, 0.717) is 5.82 Å². The molecule has 8 aromatic carbocycles. The highest BCUT2D eigenvalue weighted by molar-refractivity contribution is 6.10. The van der Waals surface area contributed by atoms with Gasteiger partial charge in [0.05, 0.1) is 22.4 Å². The molecule has 0 aliphatic rings. The maximum absolute atomic E-state index is 5.06. The lowest BCUT2D eigenvalue weighted by molar-refractivity contribution is 1.18. The molecule has 0 fully saturated rings. The smallest absolute Gasteiger partial charge is 0.160 e. The molecule has 248 valence electrons. The van der Waals surface area contributed by atoms with Crippen molar-refractivity contribution in [3.8, 4) is 61.8 Å². The molecule has 2 aromatic heterocycles. The molecule has 0 bridgehead atoms. The molecule has 10 rings (SSSR count). The normalized spacial score (nSPS) is 11.4. The van der Waals surface area contributed by atoms with Crippen molar-refractivity contribution >= 4 is 32.6 Å². The lowest BCUT2D eigenvalue weighted by Crippen LogP contribution is -1.96. The van der Waals surface area contributed by atoms with Crippen LogP contribution >= 0.6 is 0 Å². The van der Waals surface area contributed by atoms with Crippen LogP contribution < -0.4 is 0 Å². The third-order valence-corrected chi connectivity index (χ3v) is 10.2. The van der Waals surface area contributed by atoms with Crippen LogP contribution in [-0.4, -0.2) is 14.5 Å². The second kappa shape index (κ2) is 12.9. The molecule has 0 aliphatic heterocycles. The highest BCUT2D eigenvalue weighted by Gasteiger charge is 2.16. The zero-order valence-electron chi connectivity index (χ0n) is 28.9. The van der Waals surface area contributed by atoms with Gasteiger partial charge in [-0.2, -0.15) is 0 Å². The van der Waals surface area contributed by atoms with E-state index < -0.39 is 0 Å². The Morgan fingerprint density at radius 1 is 0.340 bits per heavy atom. The van der Waals surface area contributed by atoms with Gasteiger partial charge in [0.15, 0.2) is 5.82 Å². The summed E-state index contributed by atoms with van der Waals surface area (Å²) in [5, 5.41) is 4.96. The predicted molar refractivity (Wildman–Crippen MR) is 221 cm³/mol. The zero-order valence-corrected chi connectivity index (χ0v) is 28.9. The first-order chi connectivity index (χ1) is 26.3. The fourth-order valence-electron chi connectivity index (χ4n) is 7.72. The Kier molecular flexibility index (Phi) is 7.47. The van der Waals surface area contributed by atoms with E-state index in [2.05, 4.69) is 168 Å². The molecule has 0 saturated heterocycles. The summed E-state index contributed by atoms with van der Waals surface area (Å²) in [6.45, 7) is 0. The molecular formula is C50H33N3. The van der Waals surface area contributed by atoms with Gasteiger partial charge in [-0.1, -0.05) is 170 Å². The van der Waals surface area contributed by atoms with Crippen molar-refractivity contribution in [2.24, 2.45) is 0 Å². The van der Waals surface area contributed by atoms with Gasteiger partial charge >= 0.3 is 0 Å². The van der Waals surface area contributed by atoms with Crippen LogP contribution in [0.1, 0.15) is 0 Å². The average molecular weight is 676 g/mol. The molecule has 0 atom stereocenters. The molecule has 0 spiro atoms. The minimum atomic E-state index is 0.706. The maximum Gasteiger partial charge on any atom is 0.160 e. The minimum Gasteiger partial charge on any atom is -0.309 e. The largest absolute Gasteiger partial charge is 0.309 e. The van der Waals surface area contributed by atoms with Gasteiger partial charge in [0.1, 0.15) is 0 Å². The van der Waals surface area contributed by atoms with Gasteiger partial charge < -0.3 is 4.57 Å². The lowest BCUT2D eigenvalue weighted by Gasteiger charge is -2.15. The third-order valence-electron chi connectivity index (χ3n) is 10.2. The van der Waals surface area contributed by atoms with Crippen molar-refractivity contribution in [2.45, 2.75) is 0 Å². The van der Waals surface area contributed by atoms with Crippen LogP contribution in [0.3, 0.4) is 0 Å². The van der Waals surface area contributed by atoms with Gasteiger partial charge in [-0.05, 0) is 63.4 Å². The Balaban J connectivity index is 1.08. The quantitative estimate of drug-likeness (QED) is 0.176. The van der Waals surface area contributed by atoms with E-state index in [9.17, 15) is 0 Å². The first kappa shape index (κ1) is 30.7. The molecule has 0 unspecified atom stereocenters. The second-order valence-electron chi connectivity index (χ2n) is 13.4. The number of hydrogen-bond acceptors (Lipinski definition) is 2. The van der Waals surface area contributed by atoms with Gasteiger partial charge in [-0.15, -0.1) is 0 Å². The summed E-state index contributed by atoms with van der Waals surface area (Å²) in [4.78, 5) is 10.1. The summed E-state index contributed by atoms with van der Waals surface area (Å²) >= 11 is 0. The van der Waals surface area contributed by atoms with Gasteiger partial charge in [0.25, 0.3) is 0 Å². The Morgan fingerprint density at radius 3 is 1.43 bits per heavy atom. The summed E-state index contributed by atoms with van der Waals surface area (Å²) in [6, 6.07) is 71.0. The van der Waals surface area contributed by atoms with Gasteiger partial charge in [0, 0.05) is 33.2 Å². The molecule has 3 nitrogen and oxygen atoms in total. The van der Waals surface area contributed by atoms with Crippen LogP contribution in [0.5, 0.6) is 0 Å². The summed E-state index contributed by atoms with van der Waals surface area (Å²) in [5.41, 5.74) is 13.2. The molecule has 0 N–H and O–H groups in total. The summed E-state index contributed by atoms with van der Waals surface area (Å²) in [6.07, 6.45) is 0. The van der Waals surface area contributed by atoms with Crippen LogP contribution in [0, 0.1) is 0 Å². The minimum absolute atomic E-state index is 0.706. The lowest BCUT2D eigenvalue weighted by atomic mass is 9.91. The summed E-state index contributed by atoms with van der Waals surface area (Å²) < 4.78 is 2.39. The highest BCUT2D eigenvalue weighted by Crippen LogP contribution is 2.39. The third kappa shape index (κ3) is 5.47. The number of benzene rings is 8. The molecule has 0 radical (unpaired) electrons. The van der Waals surface area contributed by atoms with E-state index in [-0.39, 0.29) is 0 Å². The fourth-order valence-corrected chi connectivity index (χ4v) is 7.72. The van der Waals surface area contributed by atoms with E-state index in [0.717, 1.165) is 39.3 Å². The van der Waals surface area contributed by atoms with Crippen LogP contribution in [-0.2, 0) is 0 Å². The molecule has 10 aromatic rings. The number of rotatable bonds is 6. The molecule has 3 heteroatoms. The predicted octanol–water partition coefficient (Wildman–Crippen LogP) is 13.1. The Bertz CT molecular complexity index is 2810. The van der Waals surface area contributed by atoms with E-state index in [1.165, 1.54) is 49.3 Å². The molecule has 0 saturated carbocycles. The average Bonchev–Trinajstić information content (AvgIpc) is 3.58. The molecule has 0 aliphatic carbocycles. The van der Waals surface area contributed by atoms with E-state index >= 15 is 0 Å². The van der Waals surface area contributed by atoms with Crippen molar-refractivity contribution in [2.75, 3.05) is 0 Å². The fraction of sp³-hybridized carbons (Fsp3) is 0. The summed E-state index contributed by atoms with van der Waals surface area (Å²) in [7, 11) is 0. The van der Waals surface area contributed by atoms with Crippen molar-refractivity contribution in [3.05, 3.63) is 200 Å². The number of hydrogen-bond donors (Lipinski definition) is 0. The summed E-state index contributed by atoms with van der Waals surface area (Å²) in [5.74, 6) is 0.706. The monoisotopic (exact) mass is 675 g/mol. The Labute approximate surface area is 308 Å². The van der Waals surface area contributed by atoms with Gasteiger partial charge in [0.2, 0.25) is 0 Å². The van der Waals surface area contributed by atoms with Crippen molar-refractivity contribution in [1.29, 1.82) is 0 Å². The molecular weight excluding hydrogens is 643 g/mol. The topological polar surface area (TPSA) is 30.7 Å². The number of nitrogens with zero attached hydrogens (tertiary/aromatic N) is 3. The van der Waals surface area contributed by atoms with Crippen LogP contribution in [0.25, 0.3) is 94.4 Å². The van der Waals surface area contributed by atoms with E-state index in [4.69, 9.17) is 9.97 Å². The number of para-hydroxylation sites is 2. The standard InChI is InChI=1S/C50H33N3/c1-3-14-35(15-4-1)45-33-46(36-16-5-2-6-17-36)52-50(51-45)38-30-28-34(29-31-38)41-24-12-18-37-19-13-25-42(49(37)41)39-20-11-21-40(32-39)53-47-26-9-7-22-43(47)44-23-8-10-27-48(44)53/h1-33H. The maximum atomic E-state index is 5.06. The Hall–Kier alpha value is -7.10. The van der Waals surface area contributed by atoms with Crippen LogP contribution in [0.15, 0.2) is 200 Å². The van der Waals surface area contributed by atoms with Crippen molar-refractivity contribution < 1.29 is 0 Å². The SMILES string of the molecule is c1ccc(-c2cc(-c3ccccc3)nc(-c3ccc(-c4cccc5cccc(-c6cccc(-n7c8ccccc8c8ccccc87)c6)c45)cc3)n2)cc1. The van der Waals surface area contributed by atoms with Crippen molar-refractivity contribution in [3.63, 3.8) is 0 Å². The Morgan fingerprint density at radius 2 is 0.830 bits per heavy atom. The van der Waals surface area contributed by atoms with Crippen molar-refractivity contribution in [1.82, 2.24) is 14.5 Å². The molecule has 2 heterocycles. The van der Waals surface area contributed by atoms with Gasteiger partial charge in [-0.25, -0.2) is 9.97 Å². The number of fused-ring (bicyclic) bond motifs is 4. The molecule has 0 amide bonds. The first-order valence-corrected chi connectivity index (χ1v) is 18.0. The van der Waals surface area contributed by atoms with Crippen LogP contribution in [0.2, 0.25) is 0 Å². The van der Waals surface area contributed by atoms with E-state index in [1.54, 1.807) is 0 Å². The van der Waals surface area contributed by atoms with E-state index in [1.807, 2.05) is 36.4 Å². The highest BCUT2D eigenvalue weighted by atomic mass is 15.0. The van der Waals surface area contributed by atoms with Gasteiger partial charge in [-0.3, -0.25) is 0 Å². The first-order valence-electron chi connectivity index (χ1n) is 18.0. The molecule has 53 heavy (non-hydrogen) atoms.